The van der Waals surface area contributed by atoms with Gasteiger partial charge in [0.15, 0.2) is 0 Å². The smallest absolute Gasteiger partial charge is 0.254 e. The van der Waals surface area contributed by atoms with Gasteiger partial charge in [0.25, 0.3) is 5.91 Å². The van der Waals surface area contributed by atoms with Crippen molar-refractivity contribution in [2.75, 3.05) is 20.3 Å². The zero-order valence-corrected chi connectivity index (χ0v) is 11.5. The number of aliphatic hydroxyl groups is 1. The van der Waals surface area contributed by atoms with Gasteiger partial charge in [0.1, 0.15) is 5.82 Å². The summed E-state index contributed by atoms with van der Waals surface area (Å²) >= 11 is 3.12. The number of amides is 1. The second-order valence-electron chi connectivity index (χ2n) is 3.76. The third kappa shape index (κ3) is 4.36. The number of hydrogen-bond acceptors (Lipinski definition) is 3. The summed E-state index contributed by atoms with van der Waals surface area (Å²) in [6.07, 6.45) is 0.359. The third-order valence-electron chi connectivity index (χ3n) is 2.36. The second kappa shape index (κ2) is 7.45. The number of halogens is 2. The molecule has 100 valence electrons. The van der Waals surface area contributed by atoms with Crippen molar-refractivity contribution in [1.29, 1.82) is 0 Å². The monoisotopic (exact) mass is 319 g/mol. The van der Waals surface area contributed by atoms with Crippen LogP contribution in [0.4, 0.5) is 4.39 Å². The summed E-state index contributed by atoms with van der Waals surface area (Å²) in [6.45, 7) is 0.196. The van der Waals surface area contributed by atoms with E-state index in [0.717, 1.165) is 0 Å². The predicted octanol–water partition coefficient (Wildman–Crippen LogP) is 1.72. The molecule has 0 fully saturated rings. The van der Waals surface area contributed by atoms with Crippen molar-refractivity contribution in [3.8, 4) is 0 Å². The lowest BCUT2D eigenvalue weighted by Gasteiger charge is -2.17. The van der Waals surface area contributed by atoms with E-state index in [1.165, 1.54) is 19.2 Å². The van der Waals surface area contributed by atoms with E-state index in [4.69, 9.17) is 9.84 Å². The van der Waals surface area contributed by atoms with Crippen LogP contribution in [0.2, 0.25) is 0 Å². The molecule has 0 aliphatic carbocycles. The van der Waals surface area contributed by atoms with E-state index in [9.17, 15) is 9.18 Å². The van der Waals surface area contributed by atoms with Crippen molar-refractivity contribution in [2.45, 2.75) is 12.5 Å². The number of methoxy groups -OCH3 is 1. The predicted molar refractivity (Wildman–Crippen MR) is 68.9 cm³/mol. The molecule has 4 nitrogen and oxygen atoms in total. The van der Waals surface area contributed by atoms with E-state index < -0.39 is 11.7 Å². The minimum Gasteiger partial charge on any atom is -0.396 e. The molecule has 0 radical (unpaired) electrons. The van der Waals surface area contributed by atoms with E-state index in [1.807, 2.05) is 0 Å². The average Bonchev–Trinajstić information content (AvgIpc) is 2.29. The Morgan fingerprint density at radius 2 is 2.33 bits per heavy atom. The summed E-state index contributed by atoms with van der Waals surface area (Å²) in [7, 11) is 1.50. The summed E-state index contributed by atoms with van der Waals surface area (Å²) in [5.41, 5.74) is -0.0303. The number of hydrogen-bond donors (Lipinski definition) is 2. The van der Waals surface area contributed by atoms with Gasteiger partial charge in [0, 0.05) is 18.2 Å². The highest BCUT2D eigenvalue weighted by molar-refractivity contribution is 9.10. The van der Waals surface area contributed by atoms with Crippen molar-refractivity contribution in [3.63, 3.8) is 0 Å². The van der Waals surface area contributed by atoms with Gasteiger partial charge >= 0.3 is 0 Å². The van der Waals surface area contributed by atoms with E-state index in [-0.39, 0.29) is 24.8 Å². The van der Waals surface area contributed by atoms with Crippen LogP contribution in [0.3, 0.4) is 0 Å². The number of benzene rings is 1. The van der Waals surface area contributed by atoms with Crippen molar-refractivity contribution >= 4 is 21.8 Å². The summed E-state index contributed by atoms with van der Waals surface area (Å²) in [6, 6.07) is 3.88. The molecule has 0 aliphatic rings. The Labute approximate surface area is 113 Å². The van der Waals surface area contributed by atoms with Crippen LogP contribution in [0.5, 0.6) is 0 Å². The van der Waals surface area contributed by atoms with Crippen LogP contribution in [0, 0.1) is 5.82 Å². The highest BCUT2D eigenvalue weighted by Gasteiger charge is 2.16. The van der Waals surface area contributed by atoms with E-state index in [0.29, 0.717) is 10.9 Å². The summed E-state index contributed by atoms with van der Waals surface area (Å²) in [5, 5.41) is 11.5. The highest BCUT2D eigenvalue weighted by atomic mass is 79.9. The third-order valence-corrected chi connectivity index (χ3v) is 2.85. The van der Waals surface area contributed by atoms with Gasteiger partial charge in [0.05, 0.1) is 18.2 Å². The van der Waals surface area contributed by atoms with Gasteiger partial charge in [-0.25, -0.2) is 4.39 Å². The van der Waals surface area contributed by atoms with Crippen LogP contribution in [0.15, 0.2) is 22.7 Å². The largest absolute Gasteiger partial charge is 0.396 e. The fourth-order valence-electron chi connectivity index (χ4n) is 1.49. The maximum absolute atomic E-state index is 13.6. The fraction of sp³-hybridized carbons (Fsp3) is 0.417. The van der Waals surface area contributed by atoms with E-state index in [2.05, 4.69) is 21.2 Å². The van der Waals surface area contributed by atoms with Crippen LogP contribution >= 0.6 is 15.9 Å². The van der Waals surface area contributed by atoms with Crippen LogP contribution in [0.1, 0.15) is 16.8 Å². The molecular formula is C12H15BrFNO3. The molecule has 1 aromatic rings. The Balaban J connectivity index is 2.73. The van der Waals surface area contributed by atoms with Gasteiger partial charge in [-0.05, 0) is 24.6 Å². The minimum atomic E-state index is -0.595. The van der Waals surface area contributed by atoms with Gasteiger partial charge in [-0.1, -0.05) is 15.9 Å². The fourth-order valence-corrected chi connectivity index (χ4v) is 1.82. The maximum Gasteiger partial charge on any atom is 0.254 e. The van der Waals surface area contributed by atoms with Gasteiger partial charge in [-0.2, -0.15) is 0 Å². The molecule has 1 unspecified atom stereocenters. The average molecular weight is 320 g/mol. The number of rotatable bonds is 6. The molecule has 1 atom stereocenters. The summed E-state index contributed by atoms with van der Waals surface area (Å²) in [4.78, 5) is 11.8. The van der Waals surface area contributed by atoms with E-state index in [1.54, 1.807) is 6.07 Å². The first-order valence-electron chi connectivity index (χ1n) is 5.44. The lowest BCUT2D eigenvalue weighted by atomic mass is 10.1. The first-order valence-corrected chi connectivity index (χ1v) is 6.23. The van der Waals surface area contributed by atoms with Crippen molar-refractivity contribution in [3.05, 3.63) is 34.1 Å². The normalized spacial score (nSPS) is 12.2. The number of aliphatic hydroxyl groups excluding tert-OH is 1. The van der Waals surface area contributed by atoms with Gasteiger partial charge in [-0.15, -0.1) is 0 Å². The number of nitrogens with one attached hydrogen (secondary N) is 1. The first-order chi connectivity index (χ1) is 8.58. The highest BCUT2D eigenvalue weighted by Crippen LogP contribution is 2.15. The van der Waals surface area contributed by atoms with Crippen LogP contribution < -0.4 is 5.32 Å². The molecule has 2 N–H and O–H groups in total. The Kier molecular flexibility index (Phi) is 6.24. The quantitative estimate of drug-likeness (QED) is 0.839. The molecule has 1 amide bonds. The minimum absolute atomic E-state index is 0.0303. The van der Waals surface area contributed by atoms with Crippen molar-refractivity contribution in [2.24, 2.45) is 0 Å². The molecule has 1 aromatic carbocycles. The number of carbonyl (C=O) groups excluding carboxylic acids is 1. The van der Waals surface area contributed by atoms with Gasteiger partial charge < -0.3 is 15.2 Å². The topological polar surface area (TPSA) is 58.6 Å². The molecule has 0 heterocycles. The molecule has 0 aliphatic heterocycles. The van der Waals surface area contributed by atoms with Crippen LogP contribution in [-0.4, -0.2) is 37.4 Å². The molecule has 1 rings (SSSR count). The summed E-state index contributed by atoms with van der Waals surface area (Å²) in [5.74, 6) is -1.11. The van der Waals surface area contributed by atoms with E-state index >= 15 is 0 Å². The lowest BCUT2D eigenvalue weighted by molar-refractivity contribution is 0.0875. The van der Waals surface area contributed by atoms with Crippen molar-refractivity contribution < 1.29 is 19.0 Å². The number of ether oxygens (including phenoxy) is 1. The Hall–Kier alpha value is -0.980. The first kappa shape index (κ1) is 15.1. The maximum atomic E-state index is 13.6. The molecule has 0 bridgehead atoms. The summed E-state index contributed by atoms with van der Waals surface area (Å²) < 4.78 is 19.0. The molecule has 0 saturated carbocycles. The molecular weight excluding hydrogens is 305 g/mol. The Morgan fingerprint density at radius 3 is 2.89 bits per heavy atom. The molecule has 0 aromatic heterocycles. The zero-order chi connectivity index (χ0) is 13.5. The van der Waals surface area contributed by atoms with Crippen LogP contribution in [-0.2, 0) is 4.74 Å². The molecule has 0 saturated heterocycles. The zero-order valence-electron chi connectivity index (χ0n) is 9.95. The standard InChI is InChI=1S/C12H15BrFNO3/c1-18-7-9(4-5-16)15-12(17)10-3-2-8(13)6-11(10)14/h2-3,6,9,16H,4-5,7H2,1H3,(H,15,17). The van der Waals surface area contributed by atoms with Crippen molar-refractivity contribution in [1.82, 2.24) is 5.32 Å². The van der Waals surface area contributed by atoms with Gasteiger partial charge in [0.2, 0.25) is 0 Å². The lowest BCUT2D eigenvalue weighted by Crippen LogP contribution is -2.39. The second-order valence-corrected chi connectivity index (χ2v) is 4.68. The molecule has 18 heavy (non-hydrogen) atoms. The Morgan fingerprint density at radius 1 is 1.61 bits per heavy atom. The molecule has 6 heteroatoms. The SMILES string of the molecule is COCC(CCO)NC(=O)c1ccc(Br)cc1F. The van der Waals surface area contributed by atoms with Crippen LogP contribution in [0.25, 0.3) is 0 Å². The molecule has 0 spiro atoms. The number of carbonyl (C=O) groups is 1. The Bertz CT molecular complexity index is 408. The van der Waals surface area contributed by atoms with Gasteiger partial charge in [-0.3, -0.25) is 4.79 Å².